The number of carbonyl (C=O) groups is 9. The Kier molecular flexibility index (Phi) is 17.9. The number of carboxylic acids is 2. The van der Waals surface area contributed by atoms with Crippen LogP contribution in [-0.2, 0) is 38.4 Å². The molecule has 312 valence electrons. The van der Waals surface area contributed by atoms with Crippen molar-refractivity contribution in [2.24, 2.45) is 16.5 Å². The number of fused-ring (bicyclic) bond motifs is 1. The number of guanidine groups is 1. The van der Waals surface area contributed by atoms with Crippen molar-refractivity contribution in [1.82, 2.24) is 42.1 Å². The fourth-order valence-electron chi connectivity index (χ4n) is 6.42. The number of amides is 8. The number of hydrogen-bond acceptors (Lipinski definition) is 12. The number of aliphatic hydroxyl groups excluding tert-OH is 1. The number of aliphatic hydroxyl groups is 1. The van der Waals surface area contributed by atoms with Crippen LogP contribution in [0.1, 0.15) is 57.8 Å². The van der Waals surface area contributed by atoms with Crippen LogP contribution in [0.5, 0.6) is 0 Å². The second-order valence-electron chi connectivity index (χ2n) is 13.4. The Labute approximate surface area is 325 Å². The van der Waals surface area contributed by atoms with Gasteiger partial charge in [-0.1, -0.05) is 6.42 Å². The topological polar surface area (TPSA) is 366 Å². The van der Waals surface area contributed by atoms with Gasteiger partial charge in [-0.15, -0.1) is 0 Å². The molecule has 0 radical (unpaired) electrons. The molecular formula is C32H51N11O12S. The summed E-state index contributed by atoms with van der Waals surface area (Å²) in [5, 5.41) is 46.1. The number of aliphatic carboxylic acids is 2. The molecule has 3 aliphatic heterocycles. The molecule has 0 aliphatic carbocycles. The summed E-state index contributed by atoms with van der Waals surface area (Å²) < 4.78 is 0. The number of likely N-dealkylation sites (tertiary alicyclic amines) is 1. The maximum absolute atomic E-state index is 13.1. The van der Waals surface area contributed by atoms with Gasteiger partial charge in [-0.2, -0.15) is 11.8 Å². The van der Waals surface area contributed by atoms with E-state index < -0.39 is 91.8 Å². The highest BCUT2D eigenvalue weighted by molar-refractivity contribution is 8.00. The van der Waals surface area contributed by atoms with Crippen molar-refractivity contribution in [2.75, 3.05) is 38.5 Å². The van der Waals surface area contributed by atoms with Gasteiger partial charge < -0.3 is 68.9 Å². The molecule has 0 spiro atoms. The number of nitrogens with one attached hydrogen (secondary N) is 7. The van der Waals surface area contributed by atoms with E-state index in [9.17, 15) is 58.5 Å². The minimum Gasteiger partial charge on any atom is -0.481 e. The number of unbranched alkanes of at least 4 members (excludes halogenated alkanes) is 1. The van der Waals surface area contributed by atoms with Crippen LogP contribution in [0.4, 0.5) is 4.79 Å². The highest BCUT2D eigenvalue weighted by Gasteiger charge is 2.42. The Morgan fingerprint density at radius 1 is 0.875 bits per heavy atom. The van der Waals surface area contributed by atoms with Crippen LogP contribution in [0.25, 0.3) is 0 Å². The zero-order chi connectivity index (χ0) is 41.4. The van der Waals surface area contributed by atoms with Gasteiger partial charge in [0.1, 0.15) is 24.2 Å². The van der Waals surface area contributed by atoms with E-state index in [1.165, 1.54) is 0 Å². The van der Waals surface area contributed by atoms with Crippen molar-refractivity contribution in [1.29, 1.82) is 0 Å². The van der Waals surface area contributed by atoms with E-state index in [1.54, 1.807) is 11.8 Å². The molecule has 3 fully saturated rings. The second-order valence-corrected chi connectivity index (χ2v) is 14.7. The van der Waals surface area contributed by atoms with Crippen molar-refractivity contribution >= 4 is 71.1 Å². The van der Waals surface area contributed by atoms with Crippen LogP contribution in [-0.4, -0.2) is 160 Å². The average molecular weight is 814 g/mol. The molecule has 0 aromatic heterocycles. The third kappa shape index (κ3) is 14.4. The van der Waals surface area contributed by atoms with Gasteiger partial charge in [0.2, 0.25) is 35.4 Å². The molecular weight excluding hydrogens is 762 g/mol. The average Bonchev–Trinajstić information content (AvgIpc) is 3.87. The number of urea groups is 1. The molecule has 3 heterocycles. The molecule has 23 nitrogen and oxygen atoms in total. The molecule has 0 aromatic rings. The minimum atomic E-state index is -1.77. The van der Waals surface area contributed by atoms with Crippen LogP contribution in [0.2, 0.25) is 0 Å². The summed E-state index contributed by atoms with van der Waals surface area (Å²) in [5.41, 5.74) is 10.7. The van der Waals surface area contributed by atoms with Gasteiger partial charge in [0.15, 0.2) is 5.96 Å². The lowest BCUT2D eigenvalue weighted by atomic mass is 10.0. The Balaban J connectivity index is 1.48. The fourth-order valence-corrected chi connectivity index (χ4v) is 7.97. The van der Waals surface area contributed by atoms with Crippen LogP contribution in [0, 0.1) is 0 Å². The third-order valence-corrected chi connectivity index (χ3v) is 10.7. The number of thioether (sulfide) groups is 1. The highest BCUT2D eigenvalue weighted by Crippen LogP contribution is 2.33. The molecule has 3 saturated heterocycles. The van der Waals surface area contributed by atoms with Gasteiger partial charge in [0, 0.05) is 30.5 Å². The second kappa shape index (κ2) is 22.2. The predicted octanol–water partition coefficient (Wildman–Crippen LogP) is -5.00. The Bertz CT molecular complexity index is 1510. The van der Waals surface area contributed by atoms with Gasteiger partial charge in [-0.05, 0) is 38.5 Å². The van der Waals surface area contributed by atoms with Crippen molar-refractivity contribution in [3.8, 4) is 0 Å². The van der Waals surface area contributed by atoms with E-state index in [2.05, 4.69) is 42.2 Å². The van der Waals surface area contributed by atoms with E-state index in [0.29, 0.717) is 12.8 Å². The number of nitrogens with two attached hydrogens (primary N) is 2. The summed E-state index contributed by atoms with van der Waals surface area (Å²) in [7, 11) is 0. The van der Waals surface area contributed by atoms with Crippen LogP contribution < -0.4 is 48.7 Å². The lowest BCUT2D eigenvalue weighted by Gasteiger charge is -2.27. The summed E-state index contributed by atoms with van der Waals surface area (Å²) in [5.74, 6) is -7.18. The van der Waals surface area contributed by atoms with Gasteiger partial charge in [0.05, 0.1) is 38.2 Å². The Morgan fingerprint density at radius 2 is 1.57 bits per heavy atom. The van der Waals surface area contributed by atoms with Crippen molar-refractivity contribution in [3.05, 3.63) is 0 Å². The van der Waals surface area contributed by atoms with Crippen LogP contribution in [0.3, 0.4) is 0 Å². The molecule has 56 heavy (non-hydrogen) atoms. The lowest BCUT2D eigenvalue weighted by Crippen LogP contribution is -2.58. The maximum atomic E-state index is 13.1. The molecule has 0 aromatic carbocycles. The number of nitrogens with zero attached hydrogens (tertiary/aromatic N) is 2. The molecule has 24 heteroatoms. The number of aliphatic imine (C=N–C) groups is 1. The van der Waals surface area contributed by atoms with E-state index in [4.69, 9.17) is 11.5 Å². The molecule has 14 N–H and O–H groups in total. The minimum absolute atomic E-state index is 0.00129. The summed E-state index contributed by atoms with van der Waals surface area (Å²) in [6.45, 7) is -2.02. The van der Waals surface area contributed by atoms with Gasteiger partial charge >= 0.3 is 18.0 Å². The summed E-state index contributed by atoms with van der Waals surface area (Å²) in [6.07, 6.45) is 2.06. The summed E-state index contributed by atoms with van der Waals surface area (Å²) in [6, 6.07) is -5.81. The zero-order valence-corrected chi connectivity index (χ0v) is 31.4. The molecule has 3 rings (SSSR count). The maximum Gasteiger partial charge on any atom is 0.326 e. The van der Waals surface area contributed by atoms with E-state index in [0.717, 1.165) is 23.5 Å². The Hall–Kier alpha value is -5.39. The van der Waals surface area contributed by atoms with Gasteiger partial charge in [-0.3, -0.25) is 38.6 Å². The molecule has 8 amide bonds. The normalized spacial score (nSPS) is 21.2. The van der Waals surface area contributed by atoms with Crippen molar-refractivity contribution < 1.29 is 58.5 Å². The first-order valence-corrected chi connectivity index (χ1v) is 19.2. The standard InChI is InChI=1S/C32H51N11O12S/c33-31(34)35-9-3-5-16(38-23(46)12-36-22(45)8-2-1-7-21-26-19(15-56-21)41-32(55)42-26)27(50)37-13-24(47)39-17(11-25(48)49)28(51)40-18(14-44)29(52)43-10-4-6-20(43)30(53)54/h16-21,26,44H,1-15H2,(H,36,45)(H,37,50)(H,38,46)(H,39,47)(H,40,51)(H,48,49)(H,53,54)(H4,33,34,35)(H2,41,42,55)/t16-,17-,18-,19-,20-,21-,26-/m0/s1. The van der Waals surface area contributed by atoms with Crippen molar-refractivity contribution in [2.45, 2.75) is 99.3 Å². The number of hydrogen-bond donors (Lipinski definition) is 12. The Morgan fingerprint density at radius 3 is 2.23 bits per heavy atom. The monoisotopic (exact) mass is 813 g/mol. The number of carboxylic acid groups (broad SMARTS) is 2. The lowest BCUT2D eigenvalue weighted by molar-refractivity contribution is -0.150. The first-order chi connectivity index (χ1) is 26.6. The molecule has 7 atom stereocenters. The van der Waals surface area contributed by atoms with Crippen LogP contribution in [0.15, 0.2) is 4.99 Å². The van der Waals surface area contributed by atoms with Gasteiger partial charge in [0.25, 0.3) is 0 Å². The SMILES string of the molecule is NC(N)=NCCC[C@H](NC(=O)CNC(=O)CCCC[C@@H]1SC[C@@H]2NC(=O)N[C@@H]21)C(=O)NCC(=O)N[C@@H](CC(=O)O)C(=O)N[C@@H](CO)C(=O)N1CCC[C@H]1C(=O)O. The first-order valence-electron chi connectivity index (χ1n) is 18.1. The third-order valence-electron chi connectivity index (χ3n) is 9.20. The summed E-state index contributed by atoms with van der Waals surface area (Å²) in [4.78, 5) is 116. The molecule has 0 bridgehead atoms. The largest absolute Gasteiger partial charge is 0.481 e. The van der Waals surface area contributed by atoms with Gasteiger partial charge in [-0.25, -0.2) is 9.59 Å². The first kappa shape index (κ1) is 45.0. The quantitative estimate of drug-likeness (QED) is 0.0199. The predicted molar refractivity (Wildman–Crippen MR) is 197 cm³/mol. The smallest absolute Gasteiger partial charge is 0.326 e. The zero-order valence-electron chi connectivity index (χ0n) is 30.6. The number of rotatable bonds is 23. The highest BCUT2D eigenvalue weighted by atomic mass is 32.2. The molecule has 3 aliphatic rings. The fraction of sp³-hybridized carbons (Fsp3) is 0.688. The molecule has 0 saturated carbocycles. The van der Waals surface area contributed by atoms with E-state index in [-0.39, 0.29) is 74.0 Å². The molecule has 0 unspecified atom stereocenters. The van der Waals surface area contributed by atoms with Crippen molar-refractivity contribution in [3.63, 3.8) is 0 Å². The number of carbonyl (C=O) groups excluding carboxylic acids is 7. The van der Waals surface area contributed by atoms with E-state index >= 15 is 0 Å². The van der Waals surface area contributed by atoms with Crippen LogP contribution >= 0.6 is 11.8 Å². The summed E-state index contributed by atoms with van der Waals surface area (Å²) >= 11 is 1.77. The van der Waals surface area contributed by atoms with E-state index in [1.807, 2.05) is 0 Å².